The maximum atomic E-state index is 11.0. The van der Waals surface area contributed by atoms with Crippen molar-refractivity contribution in [2.45, 2.75) is 6.92 Å². The van der Waals surface area contributed by atoms with E-state index in [1.54, 1.807) is 18.2 Å². The Hall–Kier alpha value is -1.03. The van der Waals surface area contributed by atoms with Gasteiger partial charge in [0.1, 0.15) is 0 Å². The largest absolute Gasteiger partial charge is 0.398 e. The maximum Gasteiger partial charge on any atom is 0.349 e. The quantitative estimate of drug-likeness (QED) is 0.751. The molecule has 12 heavy (non-hydrogen) atoms. The normalized spacial score (nSPS) is 9.50. The van der Waals surface area contributed by atoms with Crippen molar-refractivity contribution in [3.8, 4) is 0 Å². The number of hydrogen-bond acceptors (Lipinski definition) is 3. The summed E-state index contributed by atoms with van der Waals surface area (Å²) < 4.78 is 4.35. The number of benzene rings is 1. The van der Waals surface area contributed by atoms with Gasteiger partial charge in [-0.3, -0.25) is 0 Å². The van der Waals surface area contributed by atoms with Crippen LogP contribution in [0.25, 0.3) is 0 Å². The van der Waals surface area contributed by atoms with Gasteiger partial charge in [-0.25, -0.2) is 4.79 Å². The first-order chi connectivity index (χ1) is 5.65. The summed E-state index contributed by atoms with van der Waals surface area (Å²) in [6.45, 7) is 1.87. The van der Waals surface area contributed by atoms with Gasteiger partial charge in [-0.2, -0.15) is 0 Å². The van der Waals surface area contributed by atoms with E-state index >= 15 is 0 Å². The Bertz CT molecular complexity index is 312. The standard InChI is InChI=1S/C8H8BrNO2/c1-5-2-3-6(4-7(5)10)8(11)12-9/h2-4H,10H2,1H3. The summed E-state index contributed by atoms with van der Waals surface area (Å²) in [7, 11) is 0. The lowest BCUT2D eigenvalue weighted by Crippen LogP contribution is -1.99. The molecule has 0 aliphatic rings. The minimum Gasteiger partial charge on any atom is -0.398 e. The van der Waals surface area contributed by atoms with E-state index in [9.17, 15) is 4.79 Å². The predicted octanol–water partition coefficient (Wildman–Crippen LogP) is 2.04. The Morgan fingerprint density at radius 3 is 2.75 bits per heavy atom. The lowest BCUT2D eigenvalue weighted by atomic mass is 10.1. The number of nitrogen functional groups attached to an aromatic ring is 1. The lowest BCUT2D eigenvalue weighted by Gasteiger charge is -2.01. The van der Waals surface area contributed by atoms with Crippen molar-refractivity contribution in [3.63, 3.8) is 0 Å². The molecule has 4 heteroatoms. The number of anilines is 1. The fraction of sp³-hybridized carbons (Fsp3) is 0.125. The van der Waals surface area contributed by atoms with E-state index in [1.165, 1.54) is 0 Å². The van der Waals surface area contributed by atoms with Crippen LogP contribution in [0.4, 0.5) is 5.69 Å². The number of rotatable bonds is 1. The summed E-state index contributed by atoms with van der Waals surface area (Å²) in [5.74, 6) is -0.443. The summed E-state index contributed by atoms with van der Waals surface area (Å²) in [5.41, 5.74) is 7.56. The number of carbonyl (C=O) groups excluding carboxylic acids is 1. The van der Waals surface area contributed by atoms with Crippen molar-refractivity contribution in [1.29, 1.82) is 0 Å². The molecule has 0 bridgehead atoms. The first-order valence-electron chi connectivity index (χ1n) is 3.34. The molecule has 1 aromatic rings. The zero-order valence-electron chi connectivity index (χ0n) is 6.50. The smallest absolute Gasteiger partial charge is 0.349 e. The first-order valence-corrected chi connectivity index (χ1v) is 3.99. The fourth-order valence-corrected chi connectivity index (χ4v) is 0.999. The van der Waals surface area contributed by atoms with Crippen LogP contribution in [-0.2, 0) is 3.83 Å². The summed E-state index contributed by atoms with van der Waals surface area (Å²) in [6.07, 6.45) is 0. The minimum absolute atomic E-state index is 0.440. The Morgan fingerprint density at radius 1 is 1.58 bits per heavy atom. The van der Waals surface area contributed by atoms with Gasteiger partial charge in [0.05, 0.1) is 5.56 Å². The van der Waals surface area contributed by atoms with E-state index < -0.39 is 5.97 Å². The van der Waals surface area contributed by atoms with Crippen LogP contribution in [0.3, 0.4) is 0 Å². The van der Waals surface area contributed by atoms with Crippen molar-refractivity contribution in [2.75, 3.05) is 5.73 Å². The summed E-state index contributed by atoms with van der Waals surface area (Å²) in [5, 5.41) is 0. The second-order valence-electron chi connectivity index (χ2n) is 2.44. The molecular formula is C8H8BrNO2. The van der Waals surface area contributed by atoms with Crippen molar-refractivity contribution in [1.82, 2.24) is 0 Å². The first kappa shape index (κ1) is 9.06. The van der Waals surface area contributed by atoms with E-state index in [0.717, 1.165) is 5.56 Å². The van der Waals surface area contributed by atoms with E-state index in [-0.39, 0.29) is 0 Å². The molecule has 0 aliphatic heterocycles. The minimum atomic E-state index is -0.443. The van der Waals surface area contributed by atoms with Crippen LogP contribution < -0.4 is 5.73 Å². The average Bonchev–Trinajstić information content (AvgIpc) is 2.08. The monoisotopic (exact) mass is 229 g/mol. The third kappa shape index (κ3) is 1.76. The molecule has 0 aliphatic carbocycles. The van der Waals surface area contributed by atoms with Gasteiger partial charge in [-0.15, -0.1) is 0 Å². The molecule has 0 unspecified atom stereocenters. The SMILES string of the molecule is Cc1ccc(C(=O)OBr)cc1N. The zero-order valence-corrected chi connectivity index (χ0v) is 8.09. The highest BCUT2D eigenvalue weighted by molar-refractivity contribution is 9.06. The molecule has 0 aromatic heterocycles. The summed E-state index contributed by atoms with van der Waals surface area (Å²) in [6, 6.07) is 5.02. The summed E-state index contributed by atoms with van der Waals surface area (Å²) in [4.78, 5) is 11.0. The molecule has 0 atom stereocenters. The van der Waals surface area contributed by atoms with E-state index in [1.807, 2.05) is 6.92 Å². The number of nitrogens with two attached hydrogens (primary N) is 1. The highest BCUT2D eigenvalue weighted by atomic mass is 79.9. The second-order valence-corrected chi connectivity index (χ2v) is 2.76. The van der Waals surface area contributed by atoms with Gasteiger partial charge in [-0.05, 0) is 24.6 Å². The van der Waals surface area contributed by atoms with Crippen LogP contribution in [0.15, 0.2) is 18.2 Å². The fourth-order valence-electron chi connectivity index (χ4n) is 0.812. The number of hydrogen-bond donors (Lipinski definition) is 1. The molecule has 64 valence electrons. The topological polar surface area (TPSA) is 52.3 Å². The predicted molar refractivity (Wildman–Crippen MR) is 49.9 cm³/mol. The average molecular weight is 230 g/mol. The van der Waals surface area contributed by atoms with Crippen molar-refractivity contribution in [2.24, 2.45) is 0 Å². The van der Waals surface area contributed by atoms with E-state index in [2.05, 4.69) is 20.1 Å². The van der Waals surface area contributed by atoms with Gasteiger partial charge in [0.25, 0.3) is 0 Å². The number of carbonyl (C=O) groups is 1. The number of halogens is 1. The molecule has 0 saturated carbocycles. The van der Waals surface area contributed by atoms with Crippen LogP contribution >= 0.6 is 16.3 Å². The van der Waals surface area contributed by atoms with Gasteiger partial charge >= 0.3 is 5.97 Å². The summed E-state index contributed by atoms with van der Waals surface area (Å²) >= 11 is 2.60. The third-order valence-electron chi connectivity index (χ3n) is 1.59. The molecule has 0 amide bonds. The second kappa shape index (κ2) is 3.58. The molecule has 0 saturated heterocycles. The van der Waals surface area contributed by atoms with Crippen LogP contribution in [0.2, 0.25) is 0 Å². The Kier molecular flexibility index (Phi) is 2.70. The lowest BCUT2D eigenvalue weighted by molar-refractivity contribution is 0.0782. The van der Waals surface area contributed by atoms with Gasteiger partial charge in [0, 0.05) is 5.69 Å². The van der Waals surface area contributed by atoms with Gasteiger partial charge < -0.3 is 9.56 Å². The third-order valence-corrected chi connectivity index (χ3v) is 1.88. The molecule has 1 aromatic carbocycles. The van der Waals surface area contributed by atoms with Crippen molar-refractivity contribution >= 4 is 27.9 Å². The van der Waals surface area contributed by atoms with Crippen LogP contribution in [0, 0.1) is 6.92 Å². The molecule has 1 rings (SSSR count). The molecule has 0 fully saturated rings. The zero-order chi connectivity index (χ0) is 9.14. The highest BCUT2D eigenvalue weighted by Crippen LogP contribution is 2.14. The van der Waals surface area contributed by atoms with Crippen LogP contribution in [0.1, 0.15) is 15.9 Å². The van der Waals surface area contributed by atoms with Crippen molar-refractivity contribution < 1.29 is 8.62 Å². The molecule has 2 N–H and O–H groups in total. The molecule has 0 heterocycles. The van der Waals surface area contributed by atoms with Gasteiger partial charge in [0.15, 0.2) is 16.3 Å². The van der Waals surface area contributed by atoms with Gasteiger partial charge in [0.2, 0.25) is 0 Å². The van der Waals surface area contributed by atoms with Gasteiger partial charge in [-0.1, -0.05) is 6.07 Å². The molecule has 0 spiro atoms. The van der Waals surface area contributed by atoms with Crippen LogP contribution in [-0.4, -0.2) is 5.97 Å². The van der Waals surface area contributed by atoms with Crippen molar-refractivity contribution in [3.05, 3.63) is 29.3 Å². The maximum absolute atomic E-state index is 11.0. The molecular weight excluding hydrogens is 222 g/mol. The number of aryl methyl sites for hydroxylation is 1. The van der Waals surface area contributed by atoms with Crippen LogP contribution in [0.5, 0.6) is 0 Å². The molecule has 0 radical (unpaired) electrons. The Labute approximate surface area is 79.0 Å². The Balaban J connectivity index is 3.05. The van der Waals surface area contributed by atoms with E-state index in [0.29, 0.717) is 11.3 Å². The highest BCUT2D eigenvalue weighted by Gasteiger charge is 2.06. The van der Waals surface area contributed by atoms with E-state index in [4.69, 9.17) is 5.73 Å². The molecule has 3 nitrogen and oxygen atoms in total. The Morgan fingerprint density at radius 2 is 2.25 bits per heavy atom.